The van der Waals surface area contributed by atoms with Crippen LogP contribution in [0.15, 0.2) is 35.4 Å². The number of hydrazone groups is 1. The van der Waals surface area contributed by atoms with Crippen LogP contribution < -0.4 is 0 Å². The maximum absolute atomic E-state index is 5.91. The van der Waals surface area contributed by atoms with Gasteiger partial charge in [0.2, 0.25) is 5.90 Å². The van der Waals surface area contributed by atoms with E-state index in [9.17, 15) is 0 Å². The molecule has 0 aromatic heterocycles. The van der Waals surface area contributed by atoms with Crippen molar-refractivity contribution < 1.29 is 4.74 Å². The fraction of sp³-hybridized carbons (Fsp3) is 0.462. The third kappa shape index (κ3) is 2.03. The van der Waals surface area contributed by atoms with E-state index >= 15 is 0 Å². The second-order valence-electron chi connectivity index (χ2n) is 4.11. The molecule has 1 aromatic carbocycles. The van der Waals surface area contributed by atoms with Crippen LogP contribution in [0.5, 0.6) is 0 Å². The SMILES string of the molecule is CCC1=NN(C)[C@@H](C)[C@H](c2ccccc2)O1. The van der Waals surface area contributed by atoms with Crippen molar-refractivity contribution >= 4 is 5.90 Å². The summed E-state index contributed by atoms with van der Waals surface area (Å²) in [6.07, 6.45) is 0.916. The summed E-state index contributed by atoms with van der Waals surface area (Å²) in [6, 6.07) is 10.6. The van der Waals surface area contributed by atoms with E-state index in [0.717, 1.165) is 12.3 Å². The van der Waals surface area contributed by atoms with Crippen LogP contribution in [0.3, 0.4) is 0 Å². The van der Waals surface area contributed by atoms with E-state index in [1.165, 1.54) is 5.56 Å². The molecule has 0 saturated carbocycles. The molecule has 0 amide bonds. The van der Waals surface area contributed by atoms with Crippen molar-refractivity contribution in [1.82, 2.24) is 5.01 Å². The first-order chi connectivity index (χ1) is 7.72. The van der Waals surface area contributed by atoms with Crippen molar-refractivity contribution in [1.29, 1.82) is 0 Å². The highest BCUT2D eigenvalue weighted by Gasteiger charge is 2.29. The van der Waals surface area contributed by atoms with E-state index in [2.05, 4.69) is 31.1 Å². The van der Waals surface area contributed by atoms with Gasteiger partial charge in [-0.15, -0.1) is 5.10 Å². The second kappa shape index (κ2) is 4.56. The van der Waals surface area contributed by atoms with Gasteiger partial charge in [-0.25, -0.2) is 0 Å². The molecular formula is C13H18N2O. The average Bonchev–Trinajstić information content (AvgIpc) is 2.33. The maximum Gasteiger partial charge on any atom is 0.206 e. The molecule has 0 unspecified atom stereocenters. The summed E-state index contributed by atoms with van der Waals surface area (Å²) >= 11 is 0. The van der Waals surface area contributed by atoms with Crippen LogP contribution in [0, 0.1) is 0 Å². The van der Waals surface area contributed by atoms with Gasteiger partial charge in [-0.2, -0.15) is 0 Å². The molecule has 0 spiro atoms. The first kappa shape index (κ1) is 11.0. The Balaban J connectivity index is 2.26. The monoisotopic (exact) mass is 218 g/mol. The van der Waals surface area contributed by atoms with Crippen LogP contribution in [-0.4, -0.2) is 24.0 Å². The molecule has 86 valence electrons. The highest BCUT2D eigenvalue weighted by atomic mass is 16.5. The van der Waals surface area contributed by atoms with Gasteiger partial charge in [-0.3, -0.25) is 5.01 Å². The molecule has 0 N–H and O–H groups in total. The van der Waals surface area contributed by atoms with E-state index in [4.69, 9.17) is 4.74 Å². The summed E-state index contributed by atoms with van der Waals surface area (Å²) in [5, 5.41) is 6.37. The van der Waals surface area contributed by atoms with Crippen LogP contribution in [-0.2, 0) is 4.74 Å². The zero-order valence-electron chi connectivity index (χ0n) is 10.1. The van der Waals surface area contributed by atoms with Crippen LogP contribution >= 0.6 is 0 Å². The van der Waals surface area contributed by atoms with Gasteiger partial charge in [0.15, 0.2) is 0 Å². The van der Waals surface area contributed by atoms with Gasteiger partial charge in [0.1, 0.15) is 6.10 Å². The minimum absolute atomic E-state index is 0.0821. The summed E-state index contributed by atoms with van der Waals surface area (Å²) in [6.45, 7) is 4.19. The zero-order valence-corrected chi connectivity index (χ0v) is 10.1. The molecule has 1 aliphatic heterocycles. The van der Waals surface area contributed by atoms with Gasteiger partial charge >= 0.3 is 0 Å². The van der Waals surface area contributed by atoms with Gasteiger partial charge in [0.25, 0.3) is 0 Å². The van der Waals surface area contributed by atoms with Gasteiger partial charge < -0.3 is 4.74 Å². The number of benzene rings is 1. The number of ether oxygens (including phenoxy) is 1. The Morgan fingerprint density at radius 2 is 2.00 bits per heavy atom. The molecule has 0 bridgehead atoms. The molecule has 3 heteroatoms. The molecule has 2 atom stereocenters. The molecule has 2 rings (SSSR count). The molecule has 0 aliphatic carbocycles. The van der Waals surface area contributed by atoms with E-state index in [-0.39, 0.29) is 12.1 Å². The van der Waals surface area contributed by atoms with E-state index in [1.54, 1.807) is 0 Å². The van der Waals surface area contributed by atoms with E-state index in [1.807, 2.05) is 30.3 Å². The first-order valence-electron chi connectivity index (χ1n) is 5.74. The van der Waals surface area contributed by atoms with Crippen molar-refractivity contribution in [2.75, 3.05) is 7.05 Å². The van der Waals surface area contributed by atoms with Crippen molar-refractivity contribution in [3.63, 3.8) is 0 Å². The van der Waals surface area contributed by atoms with Crippen LogP contribution in [0.4, 0.5) is 0 Å². The number of likely N-dealkylation sites (N-methyl/N-ethyl adjacent to an activating group) is 1. The van der Waals surface area contributed by atoms with E-state index < -0.39 is 0 Å². The Hall–Kier alpha value is -1.51. The van der Waals surface area contributed by atoms with Crippen LogP contribution in [0.2, 0.25) is 0 Å². The molecule has 1 aromatic rings. The summed E-state index contributed by atoms with van der Waals surface area (Å²) in [4.78, 5) is 0. The molecule has 0 saturated heterocycles. The zero-order chi connectivity index (χ0) is 11.5. The van der Waals surface area contributed by atoms with Gasteiger partial charge in [-0.1, -0.05) is 37.3 Å². The van der Waals surface area contributed by atoms with Gasteiger partial charge in [0.05, 0.1) is 6.04 Å². The van der Waals surface area contributed by atoms with Crippen molar-refractivity contribution in [2.45, 2.75) is 32.4 Å². The lowest BCUT2D eigenvalue weighted by atomic mass is 10.0. The molecular weight excluding hydrogens is 200 g/mol. The Morgan fingerprint density at radius 1 is 1.31 bits per heavy atom. The average molecular weight is 218 g/mol. The standard InChI is InChI=1S/C13H18N2O/c1-4-12-14-15(3)10(2)13(16-12)11-8-6-5-7-9-11/h5-10,13H,4H2,1-3H3/t10-,13+/m0/s1. The van der Waals surface area contributed by atoms with Crippen molar-refractivity contribution in [3.8, 4) is 0 Å². The summed E-state index contributed by atoms with van der Waals surface area (Å²) < 4.78 is 5.91. The molecule has 0 fully saturated rings. The number of nitrogens with zero attached hydrogens (tertiary/aromatic N) is 2. The molecule has 1 aliphatic rings. The smallest absolute Gasteiger partial charge is 0.206 e. The Bertz CT molecular complexity index is 375. The van der Waals surface area contributed by atoms with Crippen LogP contribution in [0.25, 0.3) is 0 Å². The first-order valence-corrected chi connectivity index (χ1v) is 5.74. The molecule has 16 heavy (non-hydrogen) atoms. The quantitative estimate of drug-likeness (QED) is 0.762. The Morgan fingerprint density at radius 3 is 2.62 bits per heavy atom. The van der Waals surface area contributed by atoms with Gasteiger partial charge in [0, 0.05) is 13.5 Å². The Labute approximate surface area is 96.7 Å². The number of hydrogen-bond donors (Lipinski definition) is 0. The highest BCUT2D eigenvalue weighted by molar-refractivity contribution is 5.76. The fourth-order valence-corrected chi connectivity index (χ4v) is 1.87. The topological polar surface area (TPSA) is 24.8 Å². The summed E-state index contributed by atoms with van der Waals surface area (Å²) in [7, 11) is 2.00. The minimum atomic E-state index is 0.0821. The van der Waals surface area contributed by atoms with Crippen molar-refractivity contribution in [2.24, 2.45) is 5.10 Å². The third-order valence-electron chi connectivity index (χ3n) is 2.99. The molecule has 1 heterocycles. The molecule has 3 nitrogen and oxygen atoms in total. The lowest BCUT2D eigenvalue weighted by Crippen LogP contribution is -2.38. The third-order valence-corrected chi connectivity index (χ3v) is 2.99. The number of hydrogen-bond acceptors (Lipinski definition) is 3. The van der Waals surface area contributed by atoms with E-state index in [0.29, 0.717) is 0 Å². The number of rotatable bonds is 2. The lowest BCUT2D eigenvalue weighted by molar-refractivity contribution is 0.0491. The Kier molecular flexibility index (Phi) is 3.13. The fourth-order valence-electron chi connectivity index (χ4n) is 1.87. The summed E-state index contributed by atoms with van der Waals surface area (Å²) in [5.41, 5.74) is 1.21. The van der Waals surface area contributed by atoms with Crippen LogP contribution in [0.1, 0.15) is 31.9 Å². The van der Waals surface area contributed by atoms with Gasteiger partial charge in [-0.05, 0) is 12.5 Å². The normalized spacial score (nSPS) is 24.9. The second-order valence-corrected chi connectivity index (χ2v) is 4.11. The minimum Gasteiger partial charge on any atom is -0.469 e. The summed E-state index contributed by atoms with van der Waals surface area (Å²) in [5.74, 6) is 0.814. The molecule has 0 radical (unpaired) electrons. The predicted octanol–water partition coefficient (Wildman–Crippen LogP) is 2.80. The maximum atomic E-state index is 5.91. The predicted molar refractivity (Wildman–Crippen MR) is 65.2 cm³/mol. The lowest BCUT2D eigenvalue weighted by Gasteiger charge is -2.35. The highest BCUT2D eigenvalue weighted by Crippen LogP contribution is 2.28. The van der Waals surface area contributed by atoms with Crippen molar-refractivity contribution in [3.05, 3.63) is 35.9 Å². The largest absolute Gasteiger partial charge is 0.469 e.